The normalized spacial score (nSPS) is 12.7. The van der Waals surface area contributed by atoms with Gasteiger partial charge in [0.15, 0.2) is 0 Å². The number of benzene rings is 10. The van der Waals surface area contributed by atoms with Gasteiger partial charge in [-0.1, -0.05) is 172 Å². The average Bonchev–Trinajstić information content (AvgIpc) is 3.79. The molecule has 0 amide bonds. The number of fused-ring (bicyclic) bond motifs is 7. The van der Waals surface area contributed by atoms with Gasteiger partial charge in [-0.3, -0.25) is 0 Å². The number of nitrogens with zero attached hydrogens (tertiary/aromatic N) is 2. The fourth-order valence-electron chi connectivity index (χ4n) is 10.2. The fourth-order valence-corrected chi connectivity index (χ4v) is 10.2. The maximum atomic E-state index is 2.44. The molecule has 0 aliphatic heterocycles. The van der Waals surface area contributed by atoms with Crippen LogP contribution in [0.4, 0.5) is 17.1 Å². The summed E-state index contributed by atoms with van der Waals surface area (Å²) in [6.45, 7) is 4.72. The van der Waals surface area contributed by atoms with Crippen LogP contribution in [-0.4, -0.2) is 4.57 Å². The number of para-hydroxylation sites is 1. The van der Waals surface area contributed by atoms with Gasteiger partial charge in [0.25, 0.3) is 0 Å². The van der Waals surface area contributed by atoms with Crippen LogP contribution in [0.1, 0.15) is 25.0 Å². The molecule has 1 aliphatic carbocycles. The van der Waals surface area contributed by atoms with Gasteiger partial charge < -0.3 is 9.47 Å². The lowest BCUT2D eigenvalue weighted by molar-refractivity contribution is 0.660. The van der Waals surface area contributed by atoms with E-state index in [-0.39, 0.29) is 5.41 Å². The van der Waals surface area contributed by atoms with Crippen molar-refractivity contribution in [3.8, 4) is 50.2 Å². The lowest BCUT2D eigenvalue weighted by Crippen LogP contribution is -2.16. The minimum atomic E-state index is -0.112. The van der Waals surface area contributed by atoms with Gasteiger partial charge in [-0.2, -0.15) is 0 Å². The van der Waals surface area contributed by atoms with Crippen molar-refractivity contribution in [3.63, 3.8) is 0 Å². The molecule has 2 heteroatoms. The zero-order valence-electron chi connectivity index (χ0n) is 35.3. The molecule has 1 aliphatic rings. The first-order valence-electron chi connectivity index (χ1n) is 21.9. The van der Waals surface area contributed by atoms with Gasteiger partial charge >= 0.3 is 0 Å². The minimum absolute atomic E-state index is 0.112. The maximum absolute atomic E-state index is 2.44. The van der Waals surface area contributed by atoms with E-state index in [4.69, 9.17) is 0 Å². The molecule has 2 nitrogen and oxygen atoms in total. The van der Waals surface area contributed by atoms with Crippen LogP contribution in [0.15, 0.2) is 231 Å². The predicted octanol–water partition coefficient (Wildman–Crippen LogP) is 16.7. The molecule has 0 fully saturated rings. The second kappa shape index (κ2) is 14.6. The van der Waals surface area contributed by atoms with Gasteiger partial charge in [-0.15, -0.1) is 0 Å². The maximum Gasteiger partial charge on any atom is 0.0541 e. The summed E-state index contributed by atoms with van der Waals surface area (Å²) >= 11 is 0. The SMILES string of the molecule is CC1(C)c2ccccc2-c2ccc(N(c3cccc(-c4ccc5c(c4)c4ccccc4n5-c4cc(-c5ccccc5)cc(-c5ccccc5)c4)c3)c3ccc4ccccc4c3)cc21. The summed E-state index contributed by atoms with van der Waals surface area (Å²) in [5.41, 5.74) is 19.3. The van der Waals surface area contributed by atoms with Crippen molar-refractivity contribution in [3.05, 3.63) is 242 Å². The largest absolute Gasteiger partial charge is 0.310 e. The summed E-state index contributed by atoms with van der Waals surface area (Å²) < 4.78 is 2.44. The van der Waals surface area contributed by atoms with E-state index in [1.807, 2.05) is 0 Å². The van der Waals surface area contributed by atoms with Gasteiger partial charge in [-0.25, -0.2) is 0 Å². The van der Waals surface area contributed by atoms with E-state index in [2.05, 4.69) is 254 Å². The van der Waals surface area contributed by atoms with Crippen LogP contribution in [-0.2, 0) is 5.41 Å². The van der Waals surface area contributed by atoms with Gasteiger partial charge in [0.05, 0.1) is 11.0 Å². The zero-order valence-corrected chi connectivity index (χ0v) is 35.3. The van der Waals surface area contributed by atoms with E-state index in [1.165, 1.54) is 88.2 Å². The summed E-state index contributed by atoms with van der Waals surface area (Å²) in [4.78, 5) is 2.43. The molecule has 11 aromatic rings. The van der Waals surface area contributed by atoms with E-state index in [0.29, 0.717) is 0 Å². The summed E-state index contributed by atoms with van der Waals surface area (Å²) in [5.74, 6) is 0. The van der Waals surface area contributed by atoms with E-state index in [1.54, 1.807) is 0 Å². The minimum Gasteiger partial charge on any atom is -0.310 e. The first-order valence-corrected chi connectivity index (χ1v) is 21.9. The average molecular weight is 805 g/mol. The Bertz CT molecular complexity index is 3480. The molecule has 1 heterocycles. The Labute approximate surface area is 368 Å². The first-order chi connectivity index (χ1) is 31.0. The number of hydrogen-bond donors (Lipinski definition) is 0. The van der Waals surface area contributed by atoms with Crippen LogP contribution in [0.3, 0.4) is 0 Å². The van der Waals surface area contributed by atoms with Gasteiger partial charge in [-0.05, 0) is 139 Å². The molecule has 0 spiro atoms. The molecule has 0 saturated heterocycles. The van der Waals surface area contributed by atoms with E-state index in [9.17, 15) is 0 Å². The van der Waals surface area contributed by atoms with E-state index < -0.39 is 0 Å². The molecule has 12 rings (SSSR count). The predicted molar refractivity (Wildman–Crippen MR) is 267 cm³/mol. The van der Waals surface area contributed by atoms with Crippen LogP contribution in [0, 0.1) is 0 Å². The van der Waals surface area contributed by atoms with Gasteiger partial charge in [0.2, 0.25) is 0 Å². The molecule has 298 valence electrons. The van der Waals surface area contributed by atoms with Crippen molar-refractivity contribution in [1.82, 2.24) is 4.57 Å². The molecule has 0 unspecified atom stereocenters. The summed E-state index contributed by atoms with van der Waals surface area (Å²) in [7, 11) is 0. The molecule has 1 aromatic heterocycles. The van der Waals surface area contributed by atoms with Crippen molar-refractivity contribution < 1.29 is 0 Å². The highest BCUT2D eigenvalue weighted by atomic mass is 15.1. The Balaban J connectivity index is 1.01. The highest BCUT2D eigenvalue weighted by Crippen LogP contribution is 2.51. The number of anilines is 3. The Hall–Kier alpha value is -7.94. The Morgan fingerprint density at radius 1 is 0.333 bits per heavy atom. The second-order valence-electron chi connectivity index (χ2n) is 17.4. The molecule has 10 aromatic carbocycles. The lowest BCUT2D eigenvalue weighted by atomic mass is 9.82. The van der Waals surface area contributed by atoms with Crippen molar-refractivity contribution in [2.24, 2.45) is 0 Å². The monoisotopic (exact) mass is 804 g/mol. The number of hydrogen-bond acceptors (Lipinski definition) is 1. The molecule has 0 radical (unpaired) electrons. The number of rotatable bonds is 7. The third kappa shape index (κ3) is 6.17. The molecule has 0 atom stereocenters. The van der Waals surface area contributed by atoms with Gasteiger partial charge in [0, 0.05) is 38.9 Å². The van der Waals surface area contributed by atoms with Crippen molar-refractivity contribution in [2.75, 3.05) is 4.90 Å². The van der Waals surface area contributed by atoms with Crippen LogP contribution in [0.5, 0.6) is 0 Å². The molecular formula is C61H44N2. The van der Waals surface area contributed by atoms with Crippen molar-refractivity contribution >= 4 is 49.6 Å². The lowest BCUT2D eigenvalue weighted by Gasteiger charge is -2.28. The zero-order chi connectivity index (χ0) is 42.1. The molecule has 0 N–H and O–H groups in total. The number of aromatic nitrogens is 1. The Kier molecular flexibility index (Phi) is 8.55. The Morgan fingerprint density at radius 2 is 0.921 bits per heavy atom. The Morgan fingerprint density at radius 3 is 1.71 bits per heavy atom. The summed E-state index contributed by atoms with van der Waals surface area (Å²) in [6, 6.07) is 84.8. The molecule has 0 saturated carbocycles. The van der Waals surface area contributed by atoms with Crippen LogP contribution >= 0.6 is 0 Å². The highest BCUT2D eigenvalue weighted by molar-refractivity contribution is 6.10. The molecule has 0 bridgehead atoms. The van der Waals surface area contributed by atoms with E-state index in [0.717, 1.165) is 22.7 Å². The fraction of sp³-hybridized carbons (Fsp3) is 0.0492. The second-order valence-corrected chi connectivity index (χ2v) is 17.4. The standard InChI is InChI=1S/C61H44N2/c1-61(2)57-26-13-11-24-53(57)54-32-31-51(40-58(54)61)62(50-30-28-43-20-9-10-21-44(43)35-50)49-23-15-22-45(36-49)46-29-33-60-56(39-46)55-25-12-14-27-59(55)63(60)52-37-47(41-16-5-3-6-17-41)34-48(38-52)42-18-7-4-8-19-42/h3-40H,1-2H3. The van der Waals surface area contributed by atoms with Crippen molar-refractivity contribution in [2.45, 2.75) is 19.3 Å². The summed E-state index contributed by atoms with van der Waals surface area (Å²) in [6.07, 6.45) is 0. The van der Waals surface area contributed by atoms with Crippen molar-refractivity contribution in [1.29, 1.82) is 0 Å². The topological polar surface area (TPSA) is 8.17 Å². The van der Waals surface area contributed by atoms with Crippen LogP contribution < -0.4 is 4.90 Å². The molecular weight excluding hydrogens is 761 g/mol. The first kappa shape index (κ1) is 36.9. The highest BCUT2D eigenvalue weighted by Gasteiger charge is 2.35. The van der Waals surface area contributed by atoms with Gasteiger partial charge in [0.1, 0.15) is 0 Å². The van der Waals surface area contributed by atoms with Crippen LogP contribution in [0.2, 0.25) is 0 Å². The summed E-state index contributed by atoms with van der Waals surface area (Å²) in [5, 5.41) is 4.91. The smallest absolute Gasteiger partial charge is 0.0541 e. The third-order valence-corrected chi connectivity index (χ3v) is 13.3. The van der Waals surface area contributed by atoms with E-state index >= 15 is 0 Å². The third-order valence-electron chi connectivity index (χ3n) is 13.3. The quantitative estimate of drug-likeness (QED) is 0.156. The van der Waals surface area contributed by atoms with Crippen LogP contribution in [0.25, 0.3) is 82.8 Å². The molecule has 63 heavy (non-hydrogen) atoms.